The molecule has 13 rings (SSSR count). The summed E-state index contributed by atoms with van der Waals surface area (Å²) in [6.07, 6.45) is 0. The van der Waals surface area contributed by atoms with Gasteiger partial charge in [-0.3, -0.25) is 4.57 Å². The van der Waals surface area contributed by atoms with Gasteiger partial charge in [0.15, 0.2) is 0 Å². The van der Waals surface area contributed by atoms with E-state index in [4.69, 9.17) is 19.9 Å². The Morgan fingerprint density at radius 3 is 1.33 bits per heavy atom. The first kappa shape index (κ1) is 36.0. The number of aromatic nitrogens is 6. The molecule has 13 aromatic rings. The first-order chi connectivity index (χ1) is 31.7. The number of benzene rings is 9. The van der Waals surface area contributed by atoms with E-state index in [1.165, 1.54) is 10.8 Å². The molecule has 0 amide bonds. The van der Waals surface area contributed by atoms with E-state index < -0.39 is 0 Å². The molecule has 0 N–H and O–H groups in total. The third kappa shape index (κ3) is 5.73. The van der Waals surface area contributed by atoms with Crippen molar-refractivity contribution in [3.8, 4) is 56.5 Å². The second-order valence-electron chi connectivity index (χ2n) is 16.3. The first-order valence-electron chi connectivity index (χ1n) is 21.6. The lowest BCUT2D eigenvalue weighted by Gasteiger charge is -2.13. The number of hydrogen-bond acceptors (Lipinski definition) is 4. The zero-order valence-corrected chi connectivity index (χ0v) is 34.5. The van der Waals surface area contributed by atoms with Crippen LogP contribution in [0.3, 0.4) is 0 Å². The van der Waals surface area contributed by atoms with Crippen LogP contribution in [0.5, 0.6) is 0 Å². The number of nitrogens with zero attached hydrogens (tertiary/aromatic N) is 6. The van der Waals surface area contributed by atoms with Gasteiger partial charge in [-0.1, -0.05) is 170 Å². The van der Waals surface area contributed by atoms with Gasteiger partial charge in [-0.15, -0.1) is 0 Å². The van der Waals surface area contributed by atoms with Crippen LogP contribution >= 0.6 is 0 Å². The standard InChI is InChI=1S/C58H36N6/c1-4-16-37(17-5-1)55-47-24-10-13-25-48(47)61-58(62-55)64-52-27-15-12-23-44(52)46-32-29-41(35-54(46)64)40-28-31-45-43-22-11-14-26-51(43)63(53(45)34-40)42-30-33-49-50(36-42)60-57(39-20-8-3-9-21-39)56(59-49)38-18-6-2-7-19-38/h1-36H. The van der Waals surface area contributed by atoms with E-state index in [9.17, 15) is 0 Å². The Balaban J connectivity index is 0.999. The lowest BCUT2D eigenvalue weighted by atomic mass is 10.0. The smallest absolute Gasteiger partial charge is 0.235 e. The Kier molecular flexibility index (Phi) is 8.11. The summed E-state index contributed by atoms with van der Waals surface area (Å²) in [6.45, 7) is 0. The molecule has 0 saturated carbocycles. The van der Waals surface area contributed by atoms with Crippen molar-refractivity contribution in [1.29, 1.82) is 0 Å². The van der Waals surface area contributed by atoms with E-state index in [2.05, 4.69) is 191 Å². The third-order valence-electron chi connectivity index (χ3n) is 12.5. The molecule has 6 nitrogen and oxygen atoms in total. The summed E-state index contributed by atoms with van der Waals surface area (Å²) in [5.74, 6) is 0.641. The number of hydrogen-bond donors (Lipinski definition) is 0. The quantitative estimate of drug-likeness (QED) is 0.168. The predicted molar refractivity (Wildman–Crippen MR) is 263 cm³/mol. The highest BCUT2D eigenvalue weighted by Gasteiger charge is 2.20. The van der Waals surface area contributed by atoms with Gasteiger partial charge in [0, 0.05) is 49.3 Å². The molecule has 298 valence electrons. The Hall–Kier alpha value is -8.74. The van der Waals surface area contributed by atoms with Crippen molar-refractivity contribution >= 4 is 65.5 Å². The van der Waals surface area contributed by atoms with Crippen molar-refractivity contribution in [3.05, 3.63) is 218 Å². The summed E-state index contributed by atoms with van der Waals surface area (Å²) < 4.78 is 4.59. The fraction of sp³-hybridized carbons (Fsp3) is 0. The monoisotopic (exact) mass is 816 g/mol. The lowest BCUT2D eigenvalue weighted by molar-refractivity contribution is 1.01. The first-order valence-corrected chi connectivity index (χ1v) is 21.6. The van der Waals surface area contributed by atoms with Gasteiger partial charge in [0.2, 0.25) is 5.95 Å². The van der Waals surface area contributed by atoms with E-state index in [1.54, 1.807) is 0 Å². The van der Waals surface area contributed by atoms with Gasteiger partial charge in [0.05, 0.1) is 55.7 Å². The molecule has 6 heteroatoms. The van der Waals surface area contributed by atoms with E-state index in [-0.39, 0.29) is 0 Å². The molecule has 0 atom stereocenters. The maximum Gasteiger partial charge on any atom is 0.235 e. The minimum atomic E-state index is 0.641. The average molecular weight is 817 g/mol. The van der Waals surface area contributed by atoms with Crippen molar-refractivity contribution in [3.63, 3.8) is 0 Å². The van der Waals surface area contributed by atoms with E-state index in [0.717, 1.165) is 105 Å². The zero-order chi connectivity index (χ0) is 42.1. The van der Waals surface area contributed by atoms with Crippen LogP contribution in [0.4, 0.5) is 0 Å². The molecule has 0 aliphatic rings. The van der Waals surface area contributed by atoms with Crippen LogP contribution < -0.4 is 0 Å². The molecule has 0 unspecified atom stereocenters. The van der Waals surface area contributed by atoms with E-state index in [1.807, 2.05) is 36.4 Å². The Morgan fingerprint density at radius 2 is 0.719 bits per heavy atom. The Labute approximate surface area is 368 Å². The molecule has 0 saturated heterocycles. The fourth-order valence-electron chi connectivity index (χ4n) is 9.55. The molecule has 9 aromatic carbocycles. The fourth-order valence-corrected chi connectivity index (χ4v) is 9.55. The highest BCUT2D eigenvalue weighted by atomic mass is 15.2. The van der Waals surface area contributed by atoms with Crippen molar-refractivity contribution in [2.75, 3.05) is 0 Å². The molecule has 0 radical (unpaired) electrons. The van der Waals surface area contributed by atoms with Crippen LogP contribution in [0.25, 0.3) is 122 Å². The van der Waals surface area contributed by atoms with Gasteiger partial charge in [0.1, 0.15) is 0 Å². The van der Waals surface area contributed by atoms with Crippen LogP contribution in [0, 0.1) is 0 Å². The molecular weight excluding hydrogens is 781 g/mol. The number of fused-ring (bicyclic) bond motifs is 8. The van der Waals surface area contributed by atoms with Crippen molar-refractivity contribution in [2.24, 2.45) is 0 Å². The summed E-state index contributed by atoms with van der Waals surface area (Å²) >= 11 is 0. The van der Waals surface area contributed by atoms with Crippen LogP contribution in [-0.2, 0) is 0 Å². The minimum absolute atomic E-state index is 0.641. The summed E-state index contributed by atoms with van der Waals surface area (Å²) in [6, 6.07) is 76.7. The molecule has 0 aliphatic heterocycles. The van der Waals surface area contributed by atoms with Crippen molar-refractivity contribution < 1.29 is 0 Å². The maximum atomic E-state index is 5.35. The van der Waals surface area contributed by atoms with Gasteiger partial charge in [-0.2, -0.15) is 0 Å². The van der Waals surface area contributed by atoms with Crippen LogP contribution in [0.1, 0.15) is 0 Å². The largest absolute Gasteiger partial charge is 0.309 e. The minimum Gasteiger partial charge on any atom is -0.309 e. The molecule has 4 aromatic heterocycles. The molecule has 0 fully saturated rings. The molecule has 0 bridgehead atoms. The van der Waals surface area contributed by atoms with Crippen molar-refractivity contribution in [1.82, 2.24) is 29.1 Å². The van der Waals surface area contributed by atoms with Crippen molar-refractivity contribution in [2.45, 2.75) is 0 Å². The number of rotatable bonds is 6. The van der Waals surface area contributed by atoms with Crippen LogP contribution in [-0.4, -0.2) is 29.1 Å². The highest BCUT2D eigenvalue weighted by Crippen LogP contribution is 2.39. The normalized spacial score (nSPS) is 11.8. The molecule has 0 aliphatic carbocycles. The maximum absolute atomic E-state index is 5.35. The average Bonchev–Trinajstić information content (AvgIpc) is 3.88. The topological polar surface area (TPSA) is 61.4 Å². The summed E-state index contributed by atoms with van der Waals surface area (Å²) in [5, 5.41) is 5.70. The Bertz CT molecular complexity index is 3950. The third-order valence-corrected chi connectivity index (χ3v) is 12.5. The Morgan fingerprint density at radius 1 is 0.250 bits per heavy atom. The summed E-state index contributed by atoms with van der Waals surface area (Å²) in [7, 11) is 0. The summed E-state index contributed by atoms with van der Waals surface area (Å²) in [4.78, 5) is 21.1. The van der Waals surface area contributed by atoms with Gasteiger partial charge in [-0.25, -0.2) is 19.9 Å². The van der Waals surface area contributed by atoms with Crippen LogP contribution in [0.15, 0.2) is 218 Å². The van der Waals surface area contributed by atoms with Gasteiger partial charge < -0.3 is 4.57 Å². The van der Waals surface area contributed by atoms with Gasteiger partial charge in [-0.05, 0) is 59.7 Å². The predicted octanol–water partition coefficient (Wildman–Crippen LogP) is 14.4. The van der Waals surface area contributed by atoms with E-state index in [0.29, 0.717) is 5.95 Å². The molecule has 64 heavy (non-hydrogen) atoms. The second-order valence-corrected chi connectivity index (χ2v) is 16.3. The van der Waals surface area contributed by atoms with Gasteiger partial charge >= 0.3 is 0 Å². The SMILES string of the molecule is c1ccc(-c2nc3ccc(-n4c5ccccc5c5ccc(-c6ccc7c8ccccc8n(-c8nc(-c9ccccc9)c9ccccc9n8)c7c6)cc54)cc3nc2-c2ccccc2)cc1. The summed E-state index contributed by atoms with van der Waals surface area (Å²) in [5.41, 5.74) is 15.9. The molecular formula is C58H36N6. The van der Waals surface area contributed by atoms with Crippen LogP contribution in [0.2, 0.25) is 0 Å². The number of para-hydroxylation sites is 3. The lowest BCUT2D eigenvalue weighted by Crippen LogP contribution is -2.03. The second kappa shape index (κ2) is 14.4. The molecule has 0 spiro atoms. The molecule has 4 heterocycles. The highest BCUT2D eigenvalue weighted by molar-refractivity contribution is 6.12. The zero-order valence-electron chi connectivity index (χ0n) is 34.5. The van der Waals surface area contributed by atoms with Gasteiger partial charge in [0.25, 0.3) is 0 Å². The van der Waals surface area contributed by atoms with E-state index >= 15 is 0 Å².